The Bertz CT molecular complexity index is 892. The Morgan fingerprint density at radius 3 is 2.30 bits per heavy atom. The van der Waals surface area contributed by atoms with Crippen molar-refractivity contribution in [1.29, 1.82) is 0 Å². The van der Waals surface area contributed by atoms with Crippen LogP contribution in [0.4, 0.5) is 0 Å². The summed E-state index contributed by atoms with van der Waals surface area (Å²) in [5.41, 5.74) is 1.61. The quantitative estimate of drug-likeness (QED) is 0.508. The van der Waals surface area contributed by atoms with E-state index in [-0.39, 0.29) is 11.6 Å². The normalized spacial score (nSPS) is 10.8. The Hall–Kier alpha value is -3.61. The van der Waals surface area contributed by atoms with Crippen molar-refractivity contribution in [2.24, 2.45) is 0 Å². The number of likely N-dealkylation sites (N-methyl/N-ethyl adjacent to an activating group) is 1. The van der Waals surface area contributed by atoms with E-state index in [2.05, 4.69) is 5.32 Å². The second-order valence-electron chi connectivity index (χ2n) is 6.55. The van der Waals surface area contributed by atoms with E-state index < -0.39 is 18.5 Å². The third-order valence-corrected chi connectivity index (χ3v) is 4.05. The second-order valence-corrected chi connectivity index (χ2v) is 6.55. The number of rotatable bonds is 9. The van der Waals surface area contributed by atoms with E-state index in [0.29, 0.717) is 13.2 Å². The van der Waals surface area contributed by atoms with E-state index in [9.17, 15) is 14.4 Å². The summed E-state index contributed by atoms with van der Waals surface area (Å²) in [6.45, 7) is 3.72. The van der Waals surface area contributed by atoms with Crippen molar-refractivity contribution < 1.29 is 23.9 Å². The van der Waals surface area contributed by atoms with Crippen LogP contribution in [0.15, 0.2) is 60.3 Å². The number of hydrogen-bond acceptors (Lipinski definition) is 5. The Morgan fingerprint density at radius 1 is 1.03 bits per heavy atom. The molecule has 7 heteroatoms. The lowest BCUT2D eigenvalue weighted by Crippen LogP contribution is -2.33. The molecule has 7 nitrogen and oxygen atoms in total. The van der Waals surface area contributed by atoms with Gasteiger partial charge in [0.05, 0.1) is 6.61 Å². The van der Waals surface area contributed by atoms with Gasteiger partial charge in [-0.25, -0.2) is 4.79 Å². The van der Waals surface area contributed by atoms with Crippen molar-refractivity contribution >= 4 is 23.9 Å². The van der Waals surface area contributed by atoms with Gasteiger partial charge in [-0.1, -0.05) is 42.5 Å². The first-order chi connectivity index (χ1) is 14.4. The minimum Gasteiger partial charge on any atom is -0.494 e. The van der Waals surface area contributed by atoms with Crippen LogP contribution in [0.25, 0.3) is 6.08 Å². The van der Waals surface area contributed by atoms with Crippen LogP contribution >= 0.6 is 0 Å². The lowest BCUT2D eigenvalue weighted by atomic mass is 10.2. The summed E-state index contributed by atoms with van der Waals surface area (Å²) in [7, 11) is 1.63. The first kappa shape index (κ1) is 22.7. The highest BCUT2D eigenvalue weighted by Crippen LogP contribution is 2.13. The monoisotopic (exact) mass is 410 g/mol. The molecular weight excluding hydrogens is 384 g/mol. The Morgan fingerprint density at radius 2 is 1.70 bits per heavy atom. The number of nitrogens with zero attached hydrogens (tertiary/aromatic N) is 1. The van der Waals surface area contributed by atoms with Crippen LogP contribution in [0.1, 0.15) is 25.0 Å². The molecule has 0 atom stereocenters. The first-order valence-electron chi connectivity index (χ1n) is 9.56. The molecule has 0 saturated heterocycles. The van der Waals surface area contributed by atoms with Crippen molar-refractivity contribution in [3.8, 4) is 5.75 Å². The van der Waals surface area contributed by atoms with E-state index in [1.54, 1.807) is 19.2 Å². The summed E-state index contributed by atoms with van der Waals surface area (Å²) >= 11 is 0. The molecule has 1 N–H and O–H groups in total. The molecule has 0 aliphatic carbocycles. The molecule has 0 heterocycles. The summed E-state index contributed by atoms with van der Waals surface area (Å²) < 4.78 is 10.5. The van der Waals surface area contributed by atoms with Crippen LogP contribution in [0, 0.1) is 0 Å². The maximum Gasteiger partial charge on any atom is 0.355 e. The van der Waals surface area contributed by atoms with Crippen molar-refractivity contribution in [2.45, 2.75) is 20.4 Å². The highest BCUT2D eigenvalue weighted by atomic mass is 16.5. The van der Waals surface area contributed by atoms with Gasteiger partial charge in [0, 0.05) is 20.5 Å². The largest absolute Gasteiger partial charge is 0.494 e. The zero-order valence-electron chi connectivity index (χ0n) is 17.4. The number of ether oxygens (including phenoxy) is 2. The van der Waals surface area contributed by atoms with Gasteiger partial charge in [0.1, 0.15) is 11.4 Å². The summed E-state index contributed by atoms with van der Waals surface area (Å²) in [5.74, 6) is -0.788. The van der Waals surface area contributed by atoms with Gasteiger partial charge in [-0.3, -0.25) is 9.59 Å². The predicted molar refractivity (Wildman–Crippen MR) is 113 cm³/mol. The summed E-state index contributed by atoms with van der Waals surface area (Å²) in [4.78, 5) is 37.6. The van der Waals surface area contributed by atoms with Gasteiger partial charge < -0.3 is 19.7 Å². The van der Waals surface area contributed by atoms with Gasteiger partial charge in [-0.2, -0.15) is 0 Å². The Balaban J connectivity index is 1.94. The number of carbonyl (C=O) groups excluding carboxylic acids is 3. The van der Waals surface area contributed by atoms with E-state index in [4.69, 9.17) is 9.47 Å². The van der Waals surface area contributed by atoms with Crippen molar-refractivity contribution in [3.63, 3.8) is 0 Å². The fraction of sp³-hybridized carbons (Fsp3) is 0.261. The van der Waals surface area contributed by atoms with Crippen molar-refractivity contribution in [2.75, 3.05) is 20.3 Å². The molecule has 0 spiro atoms. The zero-order chi connectivity index (χ0) is 21.9. The Labute approximate surface area is 176 Å². The minimum absolute atomic E-state index is 0.0318. The van der Waals surface area contributed by atoms with Crippen LogP contribution in [-0.4, -0.2) is 42.9 Å². The molecule has 0 fully saturated rings. The molecule has 0 radical (unpaired) electrons. The molecule has 30 heavy (non-hydrogen) atoms. The van der Waals surface area contributed by atoms with Gasteiger partial charge in [0.2, 0.25) is 5.91 Å². The predicted octanol–water partition coefficient (Wildman–Crippen LogP) is 2.76. The zero-order valence-corrected chi connectivity index (χ0v) is 17.4. The van der Waals surface area contributed by atoms with E-state index in [0.717, 1.165) is 16.9 Å². The molecule has 0 bridgehead atoms. The van der Waals surface area contributed by atoms with Crippen molar-refractivity contribution in [1.82, 2.24) is 10.2 Å². The third-order valence-electron chi connectivity index (χ3n) is 4.05. The lowest BCUT2D eigenvalue weighted by Gasteiger charge is -2.18. The number of esters is 1. The molecule has 0 unspecified atom stereocenters. The highest BCUT2D eigenvalue weighted by molar-refractivity contribution is 5.98. The molecule has 0 aromatic heterocycles. The second kappa shape index (κ2) is 11.4. The van der Waals surface area contributed by atoms with Gasteiger partial charge in [0.25, 0.3) is 5.91 Å². The molecule has 158 valence electrons. The molecule has 2 amide bonds. The Kier molecular flexibility index (Phi) is 8.62. The van der Waals surface area contributed by atoms with Gasteiger partial charge >= 0.3 is 5.97 Å². The molecule has 2 aromatic rings. The van der Waals surface area contributed by atoms with E-state index in [1.165, 1.54) is 17.9 Å². The SMILES string of the molecule is CCOc1ccc(CN(C)C(=O)COC(=O)/C(=C/c2ccccc2)NC(C)=O)cc1. The van der Waals surface area contributed by atoms with Crippen LogP contribution in [0.5, 0.6) is 5.75 Å². The summed E-state index contributed by atoms with van der Waals surface area (Å²) in [5, 5.41) is 2.45. The number of nitrogens with one attached hydrogen (secondary N) is 1. The number of benzene rings is 2. The maximum atomic E-state index is 12.4. The fourth-order valence-electron chi connectivity index (χ4n) is 2.59. The summed E-state index contributed by atoms with van der Waals surface area (Å²) in [6.07, 6.45) is 1.50. The standard InChI is InChI=1S/C23H26N2O5/c1-4-29-20-12-10-19(11-13-20)15-25(3)22(27)16-30-23(28)21(24-17(2)26)14-18-8-6-5-7-9-18/h5-14H,4,15-16H2,1-3H3,(H,24,26)/b21-14-. The average molecular weight is 410 g/mol. The van der Waals surface area contributed by atoms with Crippen LogP contribution in [0.3, 0.4) is 0 Å². The maximum absolute atomic E-state index is 12.4. The topological polar surface area (TPSA) is 84.9 Å². The molecule has 0 aliphatic rings. The smallest absolute Gasteiger partial charge is 0.355 e. The van der Waals surface area contributed by atoms with Crippen molar-refractivity contribution in [3.05, 3.63) is 71.4 Å². The fourth-order valence-corrected chi connectivity index (χ4v) is 2.59. The molecule has 0 saturated carbocycles. The van der Waals surface area contributed by atoms with Gasteiger partial charge in [0.15, 0.2) is 6.61 Å². The van der Waals surface area contributed by atoms with E-state index >= 15 is 0 Å². The van der Waals surface area contributed by atoms with Crippen LogP contribution < -0.4 is 10.1 Å². The van der Waals surface area contributed by atoms with E-state index in [1.807, 2.05) is 49.4 Å². The number of hydrogen-bond donors (Lipinski definition) is 1. The first-order valence-corrected chi connectivity index (χ1v) is 9.56. The van der Waals surface area contributed by atoms with Crippen LogP contribution in [-0.2, 0) is 25.7 Å². The summed E-state index contributed by atoms with van der Waals surface area (Å²) in [6, 6.07) is 16.4. The molecule has 2 rings (SSSR count). The molecular formula is C23H26N2O5. The van der Waals surface area contributed by atoms with Crippen LogP contribution in [0.2, 0.25) is 0 Å². The van der Waals surface area contributed by atoms with Gasteiger partial charge in [-0.05, 0) is 36.3 Å². The minimum atomic E-state index is -0.781. The highest BCUT2D eigenvalue weighted by Gasteiger charge is 2.17. The molecule has 2 aromatic carbocycles. The number of carbonyl (C=O) groups is 3. The third kappa shape index (κ3) is 7.43. The number of amides is 2. The average Bonchev–Trinajstić information content (AvgIpc) is 2.73. The lowest BCUT2D eigenvalue weighted by molar-refractivity contribution is -0.149. The molecule has 0 aliphatic heterocycles. The van der Waals surface area contributed by atoms with Gasteiger partial charge in [-0.15, -0.1) is 0 Å².